The van der Waals surface area contributed by atoms with E-state index in [0.717, 1.165) is 6.42 Å². The fourth-order valence-corrected chi connectivity index (χ4v) is 2.96. The Morgan fingerprint density at radius 2 is 1.84 bits per heavy atom. The van der Waals surface area contributed by atoms with E-state index in [1.54, 1.807) is 0 Å². The van der Waals surface area contributed by atoms with Crippen LogP contribution in [0.15, 0.2) is 0 Å². The number of esters is 2. The lowest BCUT2D eigenvalue weighted by molar-refractivity contribution is -0.168. The SMILES string of the molecule is COC(=O)[C@]1(CC(=O)OC(C)(C)C)CC[C@@H](C)C1C. The maximum absolute atomic E-state index is 12.2. The van der Waals surface area contributed by atoms with Crippen molar-refractivity contribution in [3.05, 3.63) is 0 Å². The monoisotopic (exact) mass is 270 g/mol. The topological polar surface area (TPSA) is 52.6 Å². The second-order valence-corrected chi connectivity index (χ2v) is 6.72. The molecular formula is C15H26O4. The van der Waals surface area contributed by atoms with Crippen LogP contribution in [0.3, 0.4) is 0 Å². The van der Waals surface area contributed by atoms with Gasteiger partial charge in [-0.05, 0) is 45.4 Å². The molecule has 4 heteroatoms. The highest BCUT2D eigenvalue weighted by Crippen LogP contribution is 2.50. The van der Waals surface area contributed by atoms with Crippen molar-refractivity contribution < 1.29 is 19.1 Å². The van der Waals surface area contributed by atoms with Crippen LogP contribution in [0.5, 0.6) is 0 Å². The number of ether oxygens (including phenoxy) is 2. The highest BCUT2D eigenvalue weighted by atomic mass is 16.6. The first-order chi connectivity index (χ1) is 8.62. The lowest BCUT2D eigenvalue weighted by Crippen LogP contribution is -2.39. The standard InChI is InChI=1S/C15H26O4/c1-10-7-8-15(11(10)2,13(17)18-6)9-12(16)19-14(3,4)5/h10-11H,7-9H2,1-6H3/t10-,11?,15+/m1/s1. The molecule has 0 heterocycles. The molecule has 1 aliphatic rings. The van der Waals surface area contributed by atoms with E-state index < -0.39 is 11.0 Å². The van der Waals surface area contributed by atoms with E-state index in [-0.39, 0.29) is 24.3 Å². The Kier molecular flexibility index (Phi) is 4.64. The normalized spacial score (nSPS) is 31.1. The van der Waals surface area contributed by atoms with E-state index in [1.165, 1.54) is 7.11 Å². The molecule has 1 fully saturated rings. The molecule has 0 aromatic rings. The van der Waals surface area contributed by atoms with Crippen molar-refractivity contribution in [2.45, 2.75) is 59.5 Å². The van der Waals surface area contributed by atoms with Gasteiger partial charge in [-0.25, -0.2) is 0 Å². The first-order valence-corrected chi connectivity index (χ1v) is 6.92. The molecule has 1 rings (SSSR count). The molecule has 0 aromatic carbocycles. The van der Waals surface area contributed by atoms with Crippen molar-refractivity contribution in [2.75, 3.05) is 7.11 Å². The molecule has 0 aliphatic heterocycles. The van der Waals surface area contributed by atoms with Gasteiger partial charge in [-0.3, -0.25) is 9.59 Å². The van der Waals surface area contributed by atoms with E-state index in [0.29, 0.717) is 12.3 Å². The van der Waals surface area contributed by atoms with E-state index in [1.807, 2.05) is 27.7 Å². The van der Waals surface area contributed by atoms with Gasteiger partial charge in [-0.1, -0.05) is 13.8 Å². The first kappa shape index (κ1) is 16.0. The average molecular weight is 270 g/mol. The lowest BCUT2D eigenvalue weighted by atomic mass is 9.74. The minimum absolute atomic E-state index is 0.114. The molecule has 0 amide bonds. The summed E-state index contributed by atoms with van der Waals surface area (Å²) in [4.78, 5) is 24.2. The van der Waals surface area contributed by atoms with Crippen molar-refractivity contribution in [3.8, 4) is 0 Å². The van der Waals surface area contributed by atoms with Crippen LogP contribution in [-0.2, 0) is 19.1 Å². The van der Waals surface area contributed by atoms with Gasteiger partial charge in [0.05, 0.1) is 18.9 Å². The maximum Gasteiger partial charge on any atom is 0.312 e. The molecule has 4 nitrogen and oxygen atoms in total. The summed E-state index contributed by atoms with van der Waals surface area (Å²) >= 11 is 0. The fraction of sp³-hybridized carbons (Fsp3) is 0.867. The second kappa shape index (κ2) is 5.51. The van der Waals surface area contributed by atoms with Gasteiger partial charge in [-0.15, -0.1) is 0 Å². The number of methoxy groups -OCH3 is 1. The predicted molar refractivity (Wildman–Crippen MR) is 72.5 cm³/mol. The van der Waals surface area contributed by atoms with Crippen molar-refractivity contribution in [2.24, 2.45) is 17.3 Å². The molecule has 0 bridgehead atoms. The molecule has 1 saturated carbocycles. The van der Waals surface area contributed by atoms with E-state index in [9.17, 15) is 9.59 Å². The summed E-state index contributed by atoms with van der Waals surface area (Å²) < 4.78 is 10.3. The summed E-state index contributed by atoms with van der Waals surface area (Å²) in [6, 6.07) is 0. The highest BCUT2D eigenvalue weighted by Gasteiger charge is 2.52. The molecule has 0 N–H and O–H groups in total. The zero-order chi connectivity index (χ0) is 14.8. The molecule has 0 aromatic heterocycles. The van der Waals surface area contributed by atoms with Gasteiger partial charge >= 0.3 is 11.9 Å². The smallest absolute Gasteiger partial charge is 0.312 e. The van der Waals surface area contributed by atoms with Crippen molar-refractivity contribution in [3.63, 3.8) is 0 Å². The summed E-state index contributed by atoms with van der Waals surface area (Å²) in [6.45, 7) is 9.63. The van der Waals surface area contributed by atoms with Gasteiger partial charge in [0.25, 0.3) is 0 Å². The summed E-state index contributed by atoms with van der Waals surface area (Å²) in [7, 11) is 1.38. The second-order valence-electron chi connectivity index (χ2n) is 6.72. The van der Waals surface area contributed by atoms with Crippen LogP contribution < -0.4 is 0 Å². The molecule has 19 heavy (non-hydrogen) atoms. The summed E-state index contributed by atoms with van der Waals surface area (Å²) in [6.07, 6.45) is 1.75. The van der Waals surface area contributed by atoms with Crippen LogP contribution in [-0.4, -0.2) is 24.6 Å². The minimum Gasteiger partial charge on any atom is -0.469 e. The number of hydrogen-bond acceptors (Lipinski definition) is 4. The Bertz CT molecular complexity index is 356. The zero-order valence-electron chi connectivity index (χ0n) is 12.9. The van der Waals surface area contributed by atoms with Crippen LogP contribution in [0.2, 0.25) is 0 Å². The quantitative estimate of drug-likeness (QED) is 0.740. The Labute approximate surface area is 115 Å². The largest absolute Gasteiger partial charge is 0.469 e. The summed E-state index contributed by atoms with van der Waals surface area (Å²) in [5.41, 5.74) is -1.24. The van der Waals surface area contributed by atoms with Gasteiger partial charge in [0, 0.05) is 0 Å². The Morgan fingerprint density at radius 3 is 2.21 bits per heavy atom. The van der Waals surface area contributed by atoms with Crippen LogP contribution >= 0.6 is 0 Å². The van der Waals surface area contributed by atoms with E-state index in [4.69, 9.17) is 9.47 Å². The van der Waals surface area contributed by atoms with Gasteiger partial charge < -0.3 is 9.47 Å². The average Bonchev–Trinajstić information content (AvgIpc) is 2.55. The number of hydrogen-bond donors (Lipinski definition) is 0. The zero-order valence-corrected chi connectivity index (χ0v) is 12.9. The van der Waals surface area contributed by atoms with Crippen molar-refractivity contribution in [1.29, 1.82) is 0 Å². The van der Waals surface area contributed by atoms with Gasteiger partial charge in [-0.2, -0.15) is 0 Å². The third-order valence-corrected chi connectivity index (χ3v) is 4.24. The first-order valence-electron chi connectivity index (χ1n) is 6.92. The van der Waals surface area contributed by atoms with Gasteiger partial charge in [0.1, 0.15) is 5.60 Å². The number of carbonyl (C=O) groups excluding carboxylic acids is 2. The predicted octanol–water partition coefficient (Wildman–Crippen LogP) is 2.94. The summed E-state index contributed by atoms with van der Waals surface area (Å²) in [5.74, 6) is -0.0527. The highest BCUT2D eigenvalue weighted by molar-refractivity contribution is 5.84. The molecule has 3 atom stereocenters. The van der Waals surface area contributed by atoms with Gasteiger partial charge in [0.15, 0.2) is 0 Å². The fourth-order valence-electron chi connectivity index (χ4n) is 2.96. The molecule has 0 saturated heterocycles. The molecular weight excluding hydrogens is 244 g/mol. The Hall–Kier alpha value is -1.06. The Morgan fingerprint density at radius 1 is 1.26 bits per heavy atom. The van der Waals surface area contributed by atoms with Crippen LogP contribution in [0, 0.1) is 17.3 Å². The minimum atomic E-state index is -0.712. The number of rotatable bonds is 3. The van der Waals surface area contributed by atoms with Crippen LogP contribution in [0.25, 0.3) is 0 Å². The van der Waals surface area contributed by atoms with E-state index in [2.05, 4.69) is 6.92 Å². The molecule has 0 radical (unpaired) electrons. The third kappa shape index (κ3) is 3.48. The van der Waals surface area contributed by atoms with Crippen LogP contribution in [0.1, 0.15) is 53.9 Å². The lowest BCUT2D eigenvalue weighted by Gasteiger charge is -2.32. The van der Waals surface area contributed by atoms with Crippen molar-refractivity contribution >= 4 is 11.9 Å². The van der Waals surface area contributed by atoms with Gasteiger partial charge in [0.2, 0.25) is 0 Å². The summed E-state index contributed by atoms with van der Waals surface area (Å²) in [5, 5.41) is 0. The third-order valence-electron chi connectivity index (χ3n) is 4.24. The molecule has 110 valence electrons. The van der Waals surface area contributed by atoms with Crippen LogP contribution in [0.4, 0.5) is 0 Å². The maximum atomic E-state index is 12.2. The van der Waals surface area contributed by atoms with E-state index >= 15 is 0 Å². The van der Waals surface area contributed by atoms with Crippen molar-refractivity contribution in [1.82, 2.24) is 0 Å². The molecule has 0 spiro atoms. The number of carbonyl (C=O) groups is 2. The molecule has 1 unspecified atom stereocenters. The Balaban J connectivity index is 2.89. The molecule has 1 aliphatic carbocycles.